The lowest BCUT2D eigenvalue weighted by Crippen LogP contribution is -2.30. The number of hydrogen-bond acceptors (Lipinski definition) is 5. The van der Waals surface area contributed by atoms with Crippen LogP contribution < -0.4 is 4.90 Å². The molecule has 0 amide bonds. The molecule has 0 bridgehead atoms. The van der Waals surface area contributed by atoms with Crippen molar-refractivity contribution >= 4 is 32.7 Å². The second-order valence-electron chi connectivity index (χ2n) is 3.77. The van der Waals surface area contributed by atoms with Crippen LogP contribution in [0.4, 0.5) is 5.82 Å². The minimum atomic E-state index is 0.0134. The molecule has 0 unspecified atom stereocenters. The average Bonchev–Trinajstić information content (AvgIpc) is 2.38. The summed E-state index contributed by atoms with van der Waals surface area (Å²) < 4.78 is 0.900. The zero-order valence-corrected chi connectivity index (χ0v) is 11.3. The van der Waals surface area contributed by atoms with Gasteiger partial charge in [-0.2, -0.15) is 0 Å². The minimum Gasteiger partial charge on any atom is -0.395 e. The van der Waals surface area contributed by atoms with Crippen LogP contribution in [-0.2, 0) is 0 Å². The highest BCUT2D eigenvalue weighted by molar-refractivity contribution is 9.10. The number of aliphatic hydroxyl groups excluding tert-OH is 2. The van der Waals surface area contributed by atoms with Gasteiger partial charge >= 0.3 is 0 Å². The summed E-state index contributed by atoms with van der Waals surface area (Å²) in [5, 5.41) is 19.0. The highest BCUT2D eigenvalue weighted by atomic mass is 79.9. The molecular formula is C12H14BrN3O2. The number of anilines is 1. The Balaban J connectivity index is 2.51. The van der Waals surface area contributed by atoms with E-state index in [9.17, 15) is 0 Å². The average molecular weight is 312 g/mol. The molecule has 1 aromatic heterocycles. The van der Waals surface area contributed by atoms with Crippen molar-refractivity contribution in [1.29, 1.82) is 0 Å². The molecule has 5 nitrogen and oxygen atoms in total. The molecule has 1 heterocycles. The number of rotatable bonds is 5. The Labute approximate surface area is 113 Å². The van der Waals surface area contributed by atoms with Crippen LogP contribution in [0.5, 0.6) is 0 Å². The molecule has 0 saturated heterocycles. The van der Waals surface area contributed by atoms with E-state index in [-0.39, 0.29) is 13.2 Å². The lowest BCUT2D eigenvalue weighted by molar-refractivity contribution is 0.281. The maximum Gasteiger partial charge on any atom is 0.140 e. The van der Waals surface area contributed by atoms with Crippen LogP contribution in [0.15, 0.2) is 29.0 Å². The molecule has 0 saturated carbocycles. The SMILES string of the molecule is OCCN(CCO)c1ncnc2c(Br)cccc12. The van der Waals surface area contributed by atoms with Gasteiger partial charge in [-0.05, 0) is 28.1 Å². The van der Waals surface area contributed by atoms with Gasteiger partial charge in [0.05, 0.1) is 18.7 Å². The number of aromatic nitrogens is 2. The summed E-state index contributed by atoms with van der Waals surface area (Å²) >= 11 is 3.45. The number of fused-ring (bicyclic) bond motifs is 1. The van der Waals surface area contributed by atoms with Crippen molar-refractivity contribution in [2.24, 2.45) is 0 Å². The molecule has 2 rings (SSSR count). The first-order valence-corrected chi connectivity index (χ1v) is 6.43. The second kappa shape index (κ2) is 6.08. The molecule has 0 radical (unpaired) electrons. The van der Waals surface area contributed by atoms with E-state index in [0.29, 0.717) is 13.1 Å². The summed E-state index contributed by atoms with van der Waals surface area (Å²) in [6, 6.07) is 5.76. The van der Waals surface area contributed by atoms with Crippen molar-refractivity contribution in [1.82, 2.24) is 9.97 Å². The Morgan fingerprint density at radius 2 is 1.83 bits per heavy atom. The van der Waals surface area contributed by atoms with E-state index in [0.717, 1.165) is 21.2 Å². The van der Waals surface area contributed by atoms with Crippen molar-refractivity contribution in [2.45, 2.75) is 0 Å². The number of nitrogens with zero attached hydrogens (tertiary/aromatic N) is 3. The summed E-state index contributed by atoms with van der Waals surface area (Å²) in [5.74, 6) is 0.726. The zero-order chi connectivity index (χ0) is 13.0. The van der Waals surface area contributed by atoms with Crippen LogP contribution in [0.1, 0.15) is 0 Å². The van der Waals surface area contributed by atoms with E-state index in [2.05, 4.69) is 25.9 Å². The Hall–Kier alpha value is -1.24. The van der Waals surface area contributed by atoms with Crippen molar-refractivity contribution in [2.75, 3.05) is 31.2 Å². The molecule has 0 aliphatic rings. The van der Waals surface area contributed by atoms with Gasteiger partial charge in [-0.3, -0.25) is 0 Å². The maximum absolute atomic E-state index is 9.08. The molecule has 18 heavy (non-hydrogen) atoms. The zero-order valence-electron chi connectivity index (χ0n) is 9.75. The van der Waals surface area contributed by atoms with Gasteiger partial charge in [0.15, 0.2) is 0 Å². The van der Waals surface area contributed by atoms with Crippen LogP contribution >= 0.6 is 15.9 Å². The predicted octanol–water partition coefficient (Wildman–Crippen LogP) is 1.18. The quantitative estimate of drug-likeness (QED) is 0.868. The molecule has 0 aliphatic carbocycles. The summed E-state index contributed by atoms with van der Waals surface area (Å²) in [5.41, 5.74) is 0.823. The molecule has 2 N–H and O–H groups in total. The molecule has 0 atom stereocenters. The van der Waals surface area contributed by atoms with Gasteiger partial charge in [-0.15, -0.1) is 0 Å². The minimum absolute atomic E-state index is 0.0134. The number of halogens is 1. The van der Waals surface area contributed by atoms with Crippen LogP contribution in [0.25, 0.3) is 10.9 Å². The predicted molar refractivity (Wildman–Crippen MR) is 73.6 cm³/mol. The lowest BCUT2D eigenvalue weighted by atomic mass is 10.2. The van der Waals surface area contributed by atoms with Crippen LogP contribution in [-0.4, -0.2) is 46.5 Å². The molecule has 1 aromatic carbocycles. The van der Waals surface area contributed by atoms with Crippen molar-refractivity contribution in [3.8, 4) is 0 Å². The normalized spacial score (nSPS) is 10.8. The summed E-state index contributed by atoms with van der Waals surface area (Å²) in [6.45, 7) is 0.886. The van der Waals surface area contributed by atoms with E-state index < -0.39 is 0 Å². The van der Waals surface area contributed by atoms with Crippen molar-refractivity contribution in [3.63, 3.8) is 0 Å². The highest BCUT2D eigenvalue weighted by Gasteiger charge is 2.12. The third kappa shape index (κ3) is 2.60. The van der Waals surface area contributed by atoms with E-state index in [1.165, 1.54) is 6.33 Å². The van der Waals surface area contributed by atoms with Crippen LogP contribution in [0, 0.1) is 0 Å². The largest absolute Gasteiger partial charge is 0.395 e. The van der Waals surface area contributed by atoms with E-state index in [1.807, 2.05) is 23.1 Å². The lowest BCUT2D eigenvalue weighted by Gasteiger charge is -2.22. The number of hydrogen-bond donors (Lipinski definition) is 2. The molecule has 96 valence electrons. The Bertz CT molecular complexity index is 530. The maximum atomic E-state index is 9.08. The standard InChI is InChI=1S/C12H14BrN3O2/c13-10-3-1-2-9-11(10)14-8-15-12(9)16(4-6-17)5-7-18/h1-3,8,17-18H,4-7H2. The molecule has 0 spiro atoms. The first-order chi connectivity index (χ1) is 8.77. The third-order valence-electron chi connectivity index (χ3n) is 2.63. The summed E-state index contributed by atoms with van der Waals surface area (Å²) in [6.07, 6.45) is 1.49. The fourth-order valence-electron chi connectivity index (χ4n) is 1.85. The van der Waals surface area contributed by atoms with E-state index in [1.54, 1.807) is 0 Å². The van der Waals surface area contributed by atoms with Crippen molar-refractivity contribution in [3.05, 3.63) is 29.0 Å². The summed E-state index contributed by atoms with van der Waals surface area (Å²) in [4.78, 5) is 10.3. The summed E-state index contributed by atoms with van der Waals surface area (Å²) in [7, 11) is 0. The fraction of sp³-hybridized carbons (Fsp3) is 0.333. The fourth-order valence-corrected chi connectivity index (χ4v) is 2.32. The van der Waals surface area contributed by atoms with E-state index >= 15 is 0 Å². The first kappa shape index (κ1) is 13.2. The Morgan fingerprint density at radius 3 is 2.50 bits per heavy atom. The molecule has 0 aliphatic heterocycles. The molecule has 6 heteroatoms. The Kier molecular flexibility index (Phi) is 4.46. The van der Waals surface area contributed by atoms with Gasteiger partial charge in [0.2, 0.25) is 0 Å². The third-order valence-corrected chi connectivity index (χ3v) is 3.27. The molecule has 2 aromatic rings. The van der Waals surface area contributed by atoms with Gasteiger partial charge in [0, 0.05) is 22.9 Å². The second-order valence-corrected chi connectivity index (χ2v) is 4.62. The van der Waals surface area contributed by atoms with Gasteiger partial charge in [0.1, 0.15) is 12.1 Å². The van der Waals surface area contributed by atoms with E-state index in [4.69, 9.17) is 10.2 Å². The van der Waals surface area contributed by atoms with Crippen LogP contribution in [0.2, 0.25) is 0 Å². The number of para-hydroxylation sites is 1. The monoisotopic (exact) mass is 311 g/mol. The van der Waals surface area contributed by atoms with Gasteiger partial charge < -0.3 is 15.1 Å². The smallest absolute Gasteiger partial charge is 0.140 e. The van der Waals surface area contributed by atoms with Crippen molar-refractivity contribution < 1.29 is 10.2 Å². The first-order valence-electron chi connectivity index (χ1n) is 5.64. The van der Waals surface area contributed by atoms with Gasteiger partial charge in [-0.1, -0.05) is 6.07 Å². The number of benzene rings is 1. The molecule has 0 fully saturated rings. The highest BCUT2D eigenvalue weighted by Crippen LogP contribution is 2.27. The van der Waals surface area contributed by atoms with Gasteiger partial charge in [0.25, 0.3) is 0 Å². The topological polar surface area (TPSA) is 69.5 Å². The van der Waals surface area contributed by atoms with Crippen LogP contribution in [0.3, 0.4) is 0 Å². The van der Waals surface area contributed by atoms with Gasteiger partial charge in [-0.25, -0.2) is 9.97 Å². The molecular weight excluding hydrogens is 298 g/mol. The Morgan fingerprint density at radius 1 is 1.11 bits per heavy atom. The number of aliphatic hydroxyl groups is 2.